The summed E-state index contributed by atoms with van der Waals surface area (Å²) in [6, 6.07) is 11.2. The van der Waals surface area contributed by atoms with Crippen molar-refractivity contribution in [1.82, 2.24) is 4.98 Å². The number of pyridine rings is 1. The molecule has 0 amide bonds. The Labute approximate surface area is 131 Å². The van der Waals surface area contributed by atoms with Crippen molar-refractivity contribution in [3.63, 3.8) is 0 Å². The van der Waals surface area contributed by atoms with E-state index in [1.807, 2.05) is 37.3 Å². The van der Waals surface area contributed by atoms with E-state index >= 15 is 0 Å². The van der Waals surface area contributed by atoms with Crippen LogP contribution in [0.2, 0.25) is 5.02 Å². The van der Waals surface area contributed by atoms with Crippen LogP contribution in [-0.4, -0.2) is 18.2 Å². The highest BCUT2D eigenvalue weighted by molar-refractivity contribution is 14.1. The third kappa shape index (κ3) is 4.54. The first-order chi connectivity index (χ1) is 9.15. The second-order valence-electron chi connectivity index (χ2n) is 3.90. The Kier molecular flexibility index (Phi) is 5.27. The van der Waals surface area contributed by atoms with Gasteiger partial charge in [-0.3, -0.25) is 0 Å². The Hall–Kier alpha value is -1.01. The molecule has 0 saturated heterocycles. The van der Waals surface area contributed by atoms with Crippen LogP contribution in [-0.2, 0) is 0 Å². The van der Waals surface area contributed by atoms with Crippen LogP contribution in [0.25, 0.3) is 0 Å². The summed E-state index contributed by atoms with van der Waals surface area (Å²) in [6.07, 6.45) is 0. The van der Waals surface area contributed by atoms with E-state index in [1.165, 1.54) is 0 Å². The average Bonchev–Trinajstić information content (AvgIpc) is 2.37. The van der Waals surface area contributed by atoms with Crippen molar-refractivity contribution in [2.24, 2.45) is 0 Å². The normalized spacial score (nSPS) is 10.3. The van der Waals surface area contributed by atoms with Crippen LogP contribution in [0, 0.1) is 10.6 Å². The number of hydrogen-bond acceptors (Lipinski definition) is 3. The van der Waals surface area contributed by atoms with Gasteiger partial charge in [0.1, 0.15) is 22.7 Å². The van der Waals surface area contributed by atoms with Crippen molar-refractivity contribution in [2.75, 3.05) is 13.2 Å². The van der Waals surface area contributed by atoms with Crippen molar-refractivity contribution < 1.29 is 9.47 Å². The number of ether oxygens (including phenoxy) is 2. The number of benzene rings is 1. The van der Waals surface area contributed by atoms with E-state index in [0.717, 1.165) is 20.9 Å². The standard InChI is InChI=1S/C14H13ClINO2/c1-10-5-6-13(14(16)17-10)19-8-7-18-12-4-2-3-11(15)9-12/h2-6,9H,7-8H2,1H3. The van der Waals surface area contributed by atoms with Gasteiger partial charge in [-0.05, 0) is 59.8 Å². The van der Waals surface area contributed by atoms with E-state index < -0.39 is 0 Å². The second kappa shape index (κ2) is 6.96. The summed E-state index contributed by atoms with van der Waals surface area (Å²) in [7, 11) is 0. The van der Waals surface area contributed by atoms with Gasteiger partial charge in [0, 0.05) is 10.7 Å². The average molecular weight is 390 g/mol. The van der Waals surface area contributed by atoms with Gasteiger partial charge in [-0.15, -0.1) is 0 Å². The SMILES string of the molecule is Cc1ccc(OCCOc2cccc(Cl)c2)c(I)n1. The lowest BCUT2D eigenvalue weighted by atomic mass is 10.3. The molecule has 19 heavy (non-hydrogen) atoms. The molecule has 1 aromatic carbocycles. The first-order valence-corrected chi connectivity index (χ1v) is 7.25. The summed E-state index contributed by atoms with van der Waals surface area (Å²) in [5, 5.41) is 0.663. The van der Waals surface area contributed by atoms with Crippen molar-refractivity contribution >= 4 is 34.2 Å². The maximum absolute atomic E-state index is 5.87. The third-order valence-electron chi connectivity index (χ3n) is 2.36. The lowest BCUT2D eigenvalue weighted by Gasteiger charge is -2.09. The molecule has 3 nitrogen and oxygen atoms in total. The smallest absolute Gasteiger partial charge is 0.151 e. The van der Waals surface area contributed by atoms with Crippen molar-refractivity contribution in [3.05, 3.63) is 50.8 Å². The number of halogens is 2. The molecule has 1 heterocycles. The molecule has 0 saturated carbocycles. The molecular weight excluding hydrogens is 377 g/mol. The van der Waals surface area contributed by atoms with Gasteiger partial charge in [-0.1, -0.05) is 17.7 Å². The Morgan fingerprint density at radius 3 is 2.68 bits per heavy atom. The first kappa shape index (κ1) is 14.4. The summed E-state index contributed by atoms with van der Waals surface area (Å²) < 4.78 is 12.0. The molecule has 1 aromatic heterocycles. The fraction of sp³-hybridized carbons (Fsp3) is 0.214. The zero-order chi connectivity index (χ0) is 13.7. The van der Waals surface area contributed by atoms with E-state index in [4.69, 9.17) is 21.1 Å². The molecule has 0 aliphatic rings. The van der Waals surface area contributed by atoms with Gasteiger partial charge < -0.3 is 9.47 Å². The summed E-state index contributed by atoms with van der Waals surface area (Å²) in [6.45, 7) is 2.88. The summed E-state index contributed by atoms with van der Waals surface area (Å²) >= 11 is 8.03. The molecule has 0 aliphatic heterocycles. The largest absolute Gasteiger partial charge is 0.490 e. The molecule has 0 aliphatic carbocycles. The molecular formula is C14H13ClINO2. The zero-order valence-electron chi connectivity index (χ0n) is 10.4. The van der Waals surface area contributed by atoms with Gasteiger partial charge in [-0.2, -0.15) is 0 Å². The Morgan fingerprint density at radius 1 is 1.16 bits per heavy atom. The van der Waals surface area contributed by atoms with Crippen molar-refractivity contribution in [1.29, 1.82) is 0 Å². The fourth-order valence-electron chi connectivity index (χ4n) is 1.49. The quantitative estimate of drug-likeness (QED) is 0.438. The van der Waals surface area contributed by atoms with Crippen LogP contribution in [0.15, 0.2) is 36.4 Å². The summed E-state index contributed by atoms with van der Waals surface area (Å²) in [5.41, 5.74) is 0.979. The molecule has 100 valence electrons. The predicted octanol–water partition coefficient (Wildman–Crippen LogP) is 4.11. The van der Waals surface area contributed by atoms with E-state index in [9.17, 15) is 0 Å². The number of aryl methyl sites for hydroxylation is 1. The number of rotatable bonds is 5. The van der Waals surface area contributed by atoms with E-state index in [2.05, 4.69) is 27.6 Å². The topological polar surface area (TPSA) is 31.4 Å². The molecule has 2 aromatic rings. The highest BCUT2D eigenvalue weighted by atomic mass is 127. The van der Waals surface area contributed by atoms with E-state index in [-0.39, 0.29) is 0 Å². The van der Waals surface area contributed by atoms with E-state index in [1.54, 1.807) is 6.07 Å². The fourth-order valence-corrected chi connectivity index (χ4v) is 2.38. The molecule has 0 atom stereocenters. The zero-order valence-corrected chi connectivity index (χ0v) is 13.3. The first-order valence-electron chi connectivity index (χ1n) is 5.79. The molecule has 0 spiro atoms. The second-order valence-corrected chi connectivity index (χ2v) is 5.35. The van der Waals surface area contributed by atoms with Gasteiger partial charge in [0.15, 0.2) is 5.75 Å². The monoisotopic (exact) mass is 389 g/mol. The highest BCUT2D eigenvalue weighted by Gasteiger charge is 2.02. The number of nitrogens with zero attached hydrogens (tertiary/aromatic N) is 1. The highest BCUT2D eigenvalue weighted by Crippen LogP contribution is 2.19. The molecule has 5 heteroatoms. The van der Waals surface area contributed by atoms with Gasteiger partial charge in [0.05, 0.1) is 0 Å². The van der Waals surface area contributed by atoms with Crippen LogP contribution in [0.1, 0.15) is 5.69 Å². The predicted molar refractivity (Wildman–Crippen MR) is 84.1 cm³/mol. The molecule has 0 N–H and O–H groups in total. The van der Waals surface area contributed by atoms with Crippen LogP contribution in [0.3, 0.4) is 0 Å². The van der Waals surface area contributed by atoms with Crippen LogP contribution < -0.4 is 9.47 Å². The van der Waals surface area contributed by atoms with Crippen LogP contribution in [0.5, 0.6) is 11.5 Å². The van der Waals surface area contributed by atoms with Gasteiger partial charge in [0.2, 0.25) is 0 Å². The molecule has 0 radical (unpaired) electrons. The maximum Gasteiger partial charge on any atom is 0.151 e. The molecule has 0 unspecified atom stereocenters. The lowest BCUT2D eigenvalue weighted by molar-refractivity contribution is 0.215. The van der Waals surface area contributed by atoms with Gasteiger partial charge in [-0.25, -0.2) is 4.98 Å². The van der Waals surface area contributed by atoms with Crippen LogP contribution in [0.4, 0.5) is 0 Å². The van der Waals surface area contributed by atoms with Gasteiger partial charge in [0.25, 0.3) is 0 Å². The number of hydrogen-bond donors (Lipinski definition) is 0. The molecule has 2 rings (SSSR count). The summed E-state index contributed by atoms with van der Waals surface area (Å²) in [5.74, 6) is 1.52. The Balaban J connectivity index is 1.81. The molecule has 0 bridgehead atoms. The molecule has 0 fully saturated rings. The Morgan fingerprint density at radius 2 is 1.95 bits per heavy atom. The summed E-state index contributed by atoms with van der Waals surface area (Å²) in [4.78, 5) is 4.33. The maximum atomic E-state index is 5.87. The lowest BCUT2D eigenvalue weighted by Crippen LogP contribution is -2.10. The minimum Gasteiger partial charge on any atom is -0.490 e. The number of aromatic nitrogens is 1. The van der Waals surface area contributed by atoms with Crippen molar-refractivity contribution in [3.8, 4) is 11.5 Å². The van der Waals surface area contributed by atoms with Crippen molar-refractivity contribution in [2.45, 2.75) is 6.92 Å². The van der Waals surface area contributed by atoms with Gasteiger partial charge >= 0.3 is 0 Å². The minimum atomic E-state index is 0.463. The third-order valence-corrected chi connectivity index (χ3v) is 3.37. The van der Waals surface area contributed by atoms with Crippen LogP contribution >= 0.6 is 34.2 Å². The minimum absolute atomic E-state index is 0.463. The van der Waals surface area contributed by atoms with E-state index in [0.29, 0.717) is 18.2 Å². The Bertz CT molecular complexity index is 563.